The van der Waals surface area contributed by atoms with Gasteiger partial charge in [-0.15, -0.1) is 0 Å². The first kappa shape index (κ1) is 18.9. The van der Waals surface area contributed by atoms with Crippen molar-refractivity contribution < 1.29 is 4.79 Å². The summed E-state index contributed by atoms with van der Waals surface area (Å²) in [6.45, 7) is 4.32. The second kappa shape index (κ2) is 8.65. The minimum atomic E-state index is -0.0409. The van der Waals surface area contributed by atoms with Crippen molar-refractivity contribution >= 4 is 46.0 Å². The van der Waals surface area contributed by atoms with Crippen molar-refractivity contribution in [3.8, 4) is 0 Å². The zero-order valence-electron chi connectivity index (χ0n) is 15.2. The summed E-state index contributed by atoms with van der Waals surface area (Å²) in [5.74, 6) is -0.0409. The van der Waals surface area contributed by atoms with Crippen LogP contribution in [-0.4, -0.2) is 10.2 Å². The third-order valence-electron chi connectivity index (χ3n) is 4.49. The fourth-order valence-corrected chi connectivity index (χ4v) is 4.18. The van der Waals surface area contributed by atoms with Crippen LogP contribution in [0.1, 0.15) is 43.4 Å². The Hall–Kier alpha value is -1.91. The van der Waals surface area contributed by atoms with Gasteiger partial charge >= 0.3 is 0 Å². The normalized spacial score (nSPS) is 15.9. The number of amides is 1. The molecule has 1 amide bonds. The number of thiocarbonyl (C=S) groups is 1. The molecule has 0 atom stereocenters. The number of unbranched alkanes of at least 4 members (excludes halogenated alkanes) is 1. The summed E-state index contributed by atoms with van der Waals surface area (Å²) in [7, 11) is 0. The third kappa shape index (κ3) is 4.25. The monoisotopic (exact) mass is 381 g/mol. The summed E-state index contributed by atoms with van der Waals surface area (Å²) in [6.07, 6.45) is 6.37. The highest BCUT2D eigenvalue weighted by Crippen LogP contribution is 2.36. The van der Waals surface area contributed by atoms with Crippen molar-refractivity contribution in [3.63, 3.8) is 0 Å². The molecular weight excluding hydrogens is 358 g/mol. The van der Waals surface area contributed by atoms with Gasteiger partial charge in [-0.25, -0.2) is 0 Å². The van der Waals surface area contributed by atoms with Gasteiger partial charge < -0.3 is 0 Å². The molecule has 0 spiro atoms. The van der Waals surface area contributed by atoms with E-state index < -0.39 is 0 Å². The van der Waals surface area contributed by atoms with Crippen LogP contribution in [0.5, 0.6) is 0 Å². The van der Waals surface area contributed by atoms with E-state index in [1.165, 1.54) is 35.7 Å². The van der Waals surface area contributed by atoms with Crippen LogP contribution in [-0.2, 0) is 17.6 Å². The maximum atomic E-state index is 12.9. The van der Waals surface area contributed by atoms with Crippen LogP contribution in [0.4, 0.5) is 5.69 Å². The first-order valence-corrected chi connectivity index (χ1v) is 10.3. The highest BCUT2D eigenvalue weighted by atomic mass is 32.2. The number of carbonyl (C=O) groups is 1. The number of nitrogens with zero attached hydrogens (tertiary/aromatic N) is 1. The van der Waals surface area contributed by atoms with Crippen molar-refractivity contribution in [1.82, 2.24) is 0 Å². The minimum absolute atomic E-state index is 0.0409. The number of rotatable bonds is 6. The lowest BCUT2D eigenvalue weighted by atomic mass is 10.1. The Balaban J connectivity index is 1.78. The number of anilines is 1. The molecule has 2 aromatic rings. The van der Waals surface area contributed by atoms with Gasteiger partial charge in [-0.3, -0.25) is 9.69 Å². The second-order valence-electron chi connectivity index (χ2n) is 6.38. The average molecular weight is 382 g/mol. The van der Waals surface area contributed by atoms with Gasteiger partial charge in [0.05, 0.1) is 10.6 Å². The lowest BCUT2D eigenvalue weighted by Crippen LogP contribution is -2.27. The molecule has 134 valence electrons. The molecule has 26 heavy (non-hydrogen) atoms. The Kier molecular flexibility index (Phi) is 6.28. The zero-order chi connectivity index (χ0) is 18.5. The summed E-state index contributed by atoms with van der Waals surface area (Å²) in [5.41, 5.74) is 4.46. The van der Waals surface area contributed by atoms with Crippen LogP contribution in [0.15, 0.2) is 53.4 Å². The van der Waals surface area contributed by atoms with E-state index in [2.05, 4.69) is 38.1 Å². The lowest BCUT2D eigenvalue weighted by Gasteiger charge is -2.15. The smallest absolute Gasteiger partial charge is 0.268 e. The predicted molar refractivity (Wildman–Crippen MR) is 117 cm³/mol. The summed E-state index contributed by atoms with van der Waals surface area (Å²) in [5, 5.41) is 0. The SMILES string of the molecule is CCCCc1ccc(N2C(=O)C(=Cc3ccc(CC)cc3)SC2=S)cc1. The Morgan fingerprint density at radius 3 is 2.27 bits per heavy atom. The number of thioether (sulfide) groups is 1. The van der Waals surface area contributed by atoms with Gasteiger partial charge in [0.1, 0.15) is 0 Å². The van der Waals surface area contributed by atoms with Crippen molar-refractivity contribution in [3.05, 3.63) is 70.1 Å². The molecular formula is C22H23NOS2. The standard InChI is InChI=1S/C22H23NOS2/c1-3-5-6-17-11-13-19(14-12-17)23-21(24)20(26-22(23)25)15-18-9-7-16(4-2)8-10-18/h7-15H,3-6H2,1-2H3. The molecule has 1 aliphatic heterocycles. The summed E-state index contributed by atoms with van der Waals surface area (Å²) < 4.78 is 0.590. The van der Waals surface area contributed by atoms with Crippen molar-refractivity contribution in [2.24, 2.45) is 0 Å². The molecule has 0 aliphatic carbocycles. The van der Waals surface area contributed by atoms with E-state index in [-0.39, 0.29) is 5.91 Å². The molecule has 0 saturated carbocycles. The van der Waals surface area contributed by atoms with Crippen LogP contribution in [0.3, 0.4) is 0 Å². The van der Waals surface area contributed by atoms with Gasteiger partial charge in [-0.05, 0) is 54.2 Å². The molecule has 0 N–H and O–H groups in total. The zero-order valence-corrected chi connectivity index (χ0v) is 16.8. The average Bonchev–Trinajstić information content (AvgIpc) is 2.94. The van der Waals surface area contributed by atoms with Gasteiger partial charge in [-0.1, -0.05) is 80.6 Å². The minimum Gasteiger partial charge on any atom is -0.268 e. The van der Waals surface area contributed by atoms with E-state index in [0.717, 1.165) is 24.1 Å². The molecule has 2 nitrogen and oxygen atoms in total. The van der Waals surface area contributed by atoms with Crippen molar-refractivity contribution in [2.45, 2.75) is 39.5 Å². The quantitative estimate of drug-likeness (QED) is 0.452. The topological polar surface area (TPSA) is 20.3 Å². The largest absolute Gasteiger partial charge is 0.270 e. The van der Waals surface area contributed by atoms with Crippen LogP contribution >= 0.6 is 24.0 Å². The van der Waals surface area contributed by atoms with E-state index in [0.29, 0.717) is 9.23 Å². The van der Waals surface area contributed by atoms with E-state index in [9.17, 15) is 4.79 Å². The molecule has 4 heteroatoms. The van der Waals surface area contributed by atoms with Gasteiger partial charge in [0.15, 0.2) is 4.32 Å². The number of hydrogen-bond acceptors (Lipinski definition) is 3. The van der Waals surface area contributed by atoms with E-state index >= 15 is 0 Å². The number of aryl methyl sites for hydroxylation is 2. The molecule has 0 unspecified atom stereocenters. The molecule has 0 bridgehead atoms. The third-order valence-corrected chi connectivity index (χ3v) is 5.80. The number of hydrogen-bond donors (Lipinski definition) is 0. The first-order chi connectivity index (χ1) is 12.6. The highest BCUT2D eigenvalue weighted by molar-refractivity contribution is 8.27. The second-order valence-corrected chi connectivity index (χ2v) is 8.06. The Morgan fingerprint density at radius 1 is 1.00 bits per heavy atom. The van der Waals surface area contributed by atoms with Gasteiger partial charge in [0.2, 0.25) is 0 Å². The van der Waals surface area contributed by atoms with Crippen LogP contribution in [0, 0.1) is 0 Å². The Bertz CT molecular complexity index is 822. The fraction of sp³-hybridized carbons (Fsp3) is 0.273. The molecule has 0 aromatic heterocycles. The summed E-state index contributed by atoms with van der Waals surface area (Å²) in [4.78, 5) is 15.2. The van der Waals surface area contributed by atoms with E-state index in [1.54, 1.807) is 4.90 Å². The number of carbonyl (C=O) groups excluding carboxylic acids is 1. The molecule has 1 fully saturated rings. The maximum absolute atomic E-state index is 12.9. The van der Waals surface area contributed by atoms with Crippen LogP contribution in [0.25, 0.3) is 6.08 Å². The molecule has 1 saturated heterocycles. The fourth-order valence-electron chi connectivity index (χ4n) is 2.88. The van der Waals surface area contributed by atoms with Crippen molar-refractivity contribution in [2.75, 3.05) is 4.90 Å². The predicted octanol–water partition coefficient (Wildman–Crippen LogP) is 6.00. The van der Waals surface area contributed by atoms with Crippen molar-refractivity contribution in [1.29, 1.82) is 0 Å². The van der Waals surface area contributed by atoms with Gasteiger partial charge in [0, 0.05) is 0 Å². The summed E-state index contributed by atoms with van der Waals surface area (Å²) >= 11 is 6.83. The number of benzene rings is 2. The van der Waals surface area contributed by atoms with Crippen LogP contribution < -0.4 is 4.90 Å². The first-order valence-electron chi connectivity index (χ1n) is 9.08. The molecule has 1 heterocycles. The molecule has 3 rings (SSSR count). The Labute approximate surface area is 165 Å². The van der Waals surface area contributed by atoms with Gasteiger partial charge in [0.25, 0.3) is 5.91 Å². The molecule has 0 radical (unpaired) electrons. The summed E-state index contributed by atoms with van der Waals surface area (Å²) in [6, 6.07) is 16.5. The highest BCUT2D eigenvalue weighted by Gasteiger charge is 2.33. The van der Waals surface area contributed by atoms with Gasteiger partial charge in [-0.2, -0.15) is 0 Å². The maximum Gasteiger partial charge on any atom is 0.270 e. The lowest BCUT2D eigenvalue weighted by molar-refractivity contribution is -0.113. The molecule has 1 aliphatic rings. The Morgan fingerprint density at radius 2 is 1.65 bits per heavy atom. The molecule has 2 aromatic carbocycles. The van der Waals surface area contributed by atoms with E-state index in [4.69, 9.17) is 12.2 Å². The van der Waals surface area contributed by atoms with Crippen LogP contribution in [0.2, 0.25) is 0 Å². The van der Waals surface area contributed by atoms with E-state index in [1.807, 2.05) is 30.3 Å².